The summed E-state index contributed by atoms with van der Waals surface area (Å²) in [6.07, 6.45) is 0. The molecule has 0 unspecified atom stereocenters. The van der Waals surface area contributed by atoms with Gasteiger partial charge in [0.2, 0.25) is 0 Å². The number of fused-ring (bicyclic) bond motifs is 6. The van der Waals surface area contributed by atoms with Crippen LogP contribution in [0.4, 0.5) is 0 Å². The van der Waals surface area contributed by atoms with E-state index < -0.39 is 163 Å². The molecule has 0 atom stereocenters. The summed E-state index contributed by atoms with van der Waals surface area (Å²) in [5, 5.41) is -1.49. The number of hydrogen-bond acceptors (Lipinski definition) is 1. The van der Waals surface area contributed by atoms with E-state index in [0.29, 0.717) is 0 Å². The number of benzene rings is 5. The van der Waals surface area contributed by atoms with Crippen molar-refractivity contribution in [3.8, 4) is 44.9 Å². The highest BCUT2D eigenvalue weighted by Gasteiger charge is 2.23. The Labute approximate surface area is 204 Å². The van der Waals surface area contributed by atoms with Crippen LogP contribution in [-0.2, 0) is 0 Å². The van der Waals surface area contributed by atoms with Gasteiger partial charge in [0.15, 0.2) is 5.75 Å². The van der Waals surface area contributed by atoms with Gasteiger partial charge in [-0.15, -0.1) is 0 Å². The SMILES string of the molecule is [2H]c1c([2H])c([2H])c(-c2c([2H])c([2H])c3c(c2[2H])-c2c(c([2H])c4c([2H])c([2H])c([2H])c([2H])c4c2[2H])-c2c([2H])c([2H])c([2H])c(Cl)c2O3)c([2H])c1[2H]. The normalized spacial score (nSPS) is 19.7. The molecule has 0 radical (unpaired) electrons. The Morgan fingerprint density at radius 3 is 2.03 bits per heavy atom. The van der Waals surface area contributed by atoms with Crippen molar-refractivity contribution in [2.45, 2.75) is 0 Å². The zero-order valence-electron chi connectivity index (χ0n) is 31.8. The highest BCUT2D eigenvalue weighted by atomic mass is 35.5. The fourth-order valence-corrected chi connectivity index (χ4v) is 3.32. The number of halogens is 1. The van der Waals surface area contributed by atoms with Gasteiger partial charge in [-0.3, -0.25) is 0 Å². The van der Waals surface area contributed by atoms with E-state index in [1.54, 1.807) is 0 Å². The van der Waals surface area contributed by atoms with Crippen LogP contribution in [0.5, 0.6) is 11.5 Å². The zero-order chi connectivity index (χ0) is 34.9. The third-order valence-electron chi connectivity index (χ3n) is 4.46. The van der Waals surface area contributed by atoms with Crippen molar-refractivity contribution in [1.82, 2.24) is 0 Å². The summed E-state index contributed by atoms with van der Waals surface area (Å²) < 4.78 is 152. The Kier molecular flexibility index (Phi) is 1.64. The lowest BCUT2D eigenvalue weighted by Crippen LogP contribution is -1.88. The van der Waals surface area contributed by atoms with Crippen LogP contribution in [0.3, 0.4) is 0 Å². The van der Waals surface area contributed by atoms with Crippen LogP contribution in [0.1, 0.15) is 23.3 Å². The van der Waals surface area contributed by atoms with Crippen LogP contribution in [0, 0.1) is 0 Å². The summed E-state index contributed by atoms with van der Waals surface area (Å²) in [6, 6.07) is -12.9. The molecule has 0 spiro atoms. The highest BCUT2D eigenvalue weighted by molar-refractivity contribution is 6.32. The molecule has 0 saturated heterocycles. The third-order valence-corrected chi connectivity index (χ3v) is 4.72. The molecule has 0 fully saturated rings. The molecule has 6 rings (SSSR count). The van der Waals surface area contributed by atoms with Crippen LogP contribution in [0.2, 0.25) is 5.02 Å². The van der Waals surface area contributed by atoms with Crippen molar-refractivity contribution in [2.24, 2.45) is 0 Å². The van der Waals surface area contributed by atoms with E-state index in [4.69, 9.17) is 35.5 Å². The zero-order valence-corrected chi connectivity index (χ0v) is 15.5. The maximum atomic E-state index is 9.29. The minimum atomic E-state index is -0.832. The fraction of sp³-hybridized carbons (Fsp3) is 0. The van der Waals surface area contributed by atoms with Crippen molar-refractivity contribution >= 4 is 22.4 Å². The van der Waals surface area contributed by atoms with E-state index >= 15 is 0 Å². The minimum absolute atomic E-state index is 0.452. The lowest BCUT2D eigenvalue weighted by Gasteiger charge is -2.12. The summed E-state index contributed by atoms with van der Waals surface area (Å²) in [6.45, 7) is 0. The first-order valence-electron chi connectivity index (χ1n) is 17.1. The van der Waals surface area contributed by atoms with E-state index in [2.05, 4.69) is 0 Å². The Bertz CT molecular complexity index is 2290. The summed E-state index contributed by atoms with van der Waals surface area (Å²) in [7, 11) is 0. The lowest BCUT2D eigenvalue weighted by atomic mass is 9.90. The van der Waals surface area contributed by atoms with E-state index in [1.807, 2.05) is 0 Å². The second-order valence-electron chi connectivity index (χ2n) is 6.20. The molecule has 5 aromatic carbocycles. The van der Waals surface area contributed by atoms with Crippen LogP contribution >= 0.6 is 11.6 Å². The Balaban J connectivity index is 1.97. The van der Waals surface area contributed by atoms with Gasteiger partial charge in [-0.25, -0.2) is 0 Å². The predicted octanol–water partition coefficient (Wildman–Crippen LogP) is 8.60. The third kappa shape index (κ3) is 2.71. The van der Waals surface area contributed by atoms with E-state index in [0.717, 1.165) is 0 Å². The number of ether oxygens (including phenoxy) is 1. The van der Waals surface area contributed by atoms with Gasteiger partial charge in [-0.1, -0.05) is 84.1 Å². The van der Waals surface area contributed by atoms with E-state index in [-0.39, 0.29) is 0 Å². The van der Waals surface area contributed by atoms with Gasteiger partial charge in [-0.05, 0) is 63.2 Å². The largest absolute Gasteiger partial charge is 0.454 e. The van der Waals surface area contributed by atoms with Gasteiger partial charge in [0.05, 0.1) is 28.3 Å². The maximum Gasteiger partial charge on any atom is 0.153 e. The molecule has 1 nitrogen and oxygen atoms in total. The molecular formula is C28H17ClO. The van der Waals surface area contributed by atoms with Crippen molar-refractivity contribution in [3.05, 3.63) is 108 Å². The molecule has 0 N–H and O–H groups in total. The number of para-hydroxylation sites is 1. The van der Waals surface area contributed by atoms with Crippen molar-refractivity contribution in [3.63, 3.8) is 0 Å². The van der Waals surface area contributed by atoms with Gasteiger partial charge in [0, 0.05) is 11.1 Å². The van der Waals surface area contributed by atoms with Crippen LogP contribution in [0.25, 0.3) is 44.2 Å². The first-order valence-corrected chi connectivity index (χ1v) is 8.98. The van der Waals surface area contributed by atoms with Gasteiger partial charge in [0.1, 0.15) is 5.75 Å². The monoisotopic (exact) mass is 421 g/mol. The smallest absolute Gasteiger partial charge is 0.153 e. The first kappa shape index (κ1) is 7.30. The molecule has 0 amide bonds. The summed E-state index contributed by atoms with van der Waals surface area (Å²) in [5.41, 5.74) is -3.20. The standard InChI is InChI=1S/C28H17ClO/c29-26-12-6-11-22-23-15-19-9-4-5-10-20(19)16-24(23)25-17-21(18-7-2-1-3-8-18)13-14-27(25)30-28(22)26/h1-17H/i1D,2D,3D,4D,5D,6D,7D,8D,9D,10D,11D,12D,13D,14D,15D,16D,17D. The Morgan fingerprint density at radius 2 is 1.27 bits per heavy atom. The lowest BCUT2D eigenvalue weighted by molar-refractivity contribution is 0.488. The van der Waals surface area contributed by atoms with Crippen molar-refractivity contribution < 1.29 is 28.0 Å². The number of hydrogen-bond donors (Lipinski definition) is 0. The second kappa shape index (κ2) is 6.76. The molecule has 5 aromatic rings. The van der Waals surface area contributed by atoms with Gasteiger partial charge < -0.3 is 4.74 Å². The molecule has 1 aliphatic heterocycles. The maximum absolute atomic E-state index is 9.29. The molecule has 1 heterocycles. The highest BCUT2D eigenvalue weighted by Crippen LogP contribution is 2.50. The fourth-order valence-electron chi connectivity index (χ4n) is 3.14. The van der Waals surface area contributed by atoms with Crippen LogP contribution in [0.15, 0.2) is 103 Å². The molecule has 30 heavy (non-hydrogen) atoms. The molecule has 0 aromatic heterocycles. The van der Waals surface area contributed by atoms with Gasteiger partial charge >= 0.3 is 0 Å². The average molecular weight is 422 g/mol. The van der Waals surface area contributed by atoms with Gasteiger partial charge in [0.25, 0.3) is 0 Å². The Hall–Kier alpha value is -3.55. The average Bonchev–Trinajstić information content (AvgIpc) is 3.20. The summed E-state index contributed by atoms with van der Waals surface area (Å²) >= 11 is 6.45. The van der Waals surface area contributed by atoms with E-state index in [9.17, 15) is 4.11 Å². The minimum Gasteiger partial charge on any atom is -0.454 e. The van der Waals surface area contributed by atoms with Crippen molar-refractivity contribution in [1.29, 1.82) is 0 Å². The molecule has 2 heteroatoms. The summed E-state index contributed by atoms with van der Waals surface area (Å²) in [4.78, 5) is 0. The predicted molar refractivity (Wildman–Crippen MR) is 125 cm³/mol. The second-order valence-corrected chi connectivity index (χ2v) is 6.58. The molecule has 0 saturated carbocycles. The first-order chi connectivity index (χ1) is 21.9. The van der Waals surface area contributed by atoms with Crippen LogP contribution in [-0.4, -0.2) is 0 Å². The topological polar surface area (TPSA) is 9.23 Å². The summed E-state index contributed by atoms with van der Waals surface area (Å²) in [5.74, 6) is -1.20. The van der Waals surface area contributed by atoms with Gasteiger partial charge in [-0.2, -0.15) is 0 Å². The quantitative estimate of drug-likeness (QED) is 0.258. The van der Waals surface area contributed by atoms with E-state index in [1.165, 1.54) is 0 Å². The number of rotatable bonds is 1. The molecule has 0 bridgehead atoms. The molecule has 0 aliphatic carbocycles. The molecule has 1 aliphatic rings. The molecular weight excluding hydrogens is 388 g/mol. The molecule has 142 valence electrons. The Morgan fingerprint density at radius 1 is 0.567 bits per heavy atom. The van der Waals surface area contributed by atoms with Crippen LogP contribution < -0.4 is 4.74 Å². The van der Waals surface area contributed by atoms with Crippen molar-refractivity contribution in [2.75, 3.05) is 0 Å².